The number of carbonyl (C=O) groups is 2. The molecule has 1 fully saturated rings. The highest BCUT2D eigenvalue weighted by molar-refractivity contribution is 5.87. The van der Waals surface area contributed by atoms with E-state index in [2.05, 4.69) is 10.6 Å². The van der Waals surface area contributed by atoms with Crippen molar-refractivity contribution in [3.8, 4) is 0 Å². The van der Waals surface area contributed by atoms with Gasteiger partial charge in [0.1, 0.15) is 0 Å². The van der Waals surface area contributed by atoms with Crippen molar-refractivity contribution in [2.75, 3.05) is 13.7 Å². The van der Waals surface area contributed by atoms with Crippen molar-refractivity contribution in [3.63, 3.8) is 0 Å². The van der Waals surface area contributed by atoms with Crippen LogP contribution in [0.3, 0.4) is 0 Å². The van der Waals surface area contributed by atoms with Crippen LogP contribution >= 0.6 is 0 Å². The zero-order valence-electron chi connectivity index (χ0n) is 11.9. The molecule has 110 valence electrons. The number of carbonyl (C=O) groups excluding carboxylic acids is 2. The first-order chi connectivity index (χ1) is 8.93. The summed E-state index contributed by atoms with van der Waals surface area (Å²) < 4.78 is 5.24. The number of ether oxygens (including phenoxy) is 1. The first kappa shape index (κ1) is 15.9. The quantitative estimate of drug-likeness (QED) is 0.622. The van der Waals surface area contributed by atoms with Gasteiger partial charge in [0, 0.05) is 13.2 Å². The van der Waals surface area contributed by atoms with Crippen LogP contribution in [0.1, 0.15) is 33.1 Å². The summed E-state index contributed by atoms with van der Waals surface area (Å²) in [5.41, 5.74) is 5.69. The molecular formula is C13H25N3O3. The molecule has 1 aliphatic carbocycles. The van der Waals surface area contributed by atoms with Gasteiger partial charge in [-0.3, -0.25) is 9.59 Å². The van der Waals surface area contributed by atoms with E-state index < -0.39 is 6.04 Å². The zero-order valence-corrected chi connectivity index (χ0v) is 11.9. The summed E-state index contributed by atoms with van der Waals surface area (Å²) in [6, 6.07) is -0.426. The second-order valence-corrected chi connectivity index (χ2v) is 5.42. The van der Waals surface area contributed by atoms with Crippen LogP contribution in [0.15, 0.2) is 0 Å². The van der Waals surface area contributed by atoms with Crippen LogP contribution in [0.5, 0.6) is 0 Å². The highest BCUT2D eigenvalue weighted by Crippen LogP contribution is 2.21. The average Bonchev–Trinajstić information content (AvgIpc) is 2.82. The van der Waals surface area contributed by atoms with Gasteiger partial charge < -0.3 is 21.1 Å². The third kappa shape index (κ3) is 5.16. The van der Waals surface area contributed by atoms with Gasteiger partial charge in [-0.05, 0) is 25.2 Å². The van der Waals surface area contributed by atoms with E-state index in [4.69, 9.17) is 10.5 Å². The molecule has 0 aromatic heterocycles. The lowest BCUT2D eigenvalue weighted by atomic mass is 10.1. The molecule has 6 heteroatoms. The Balaban J connectivity index is 2.23. The Bertz CT molecular complexity index is 320. The van der Waals surface area contributed by atoms with Crippen LogP contribution in [-0.4, -0.2) is 43.7 Å². The minimum atomic E-state index is -0.572. The Labute approximate surface area is 114 Å². The van der Waals surface area contributed by atoms with E-state index in [9.17, 15) is 9.59 Å². The van der Waals surface area contributed by atoms with Crippen LogP contribution in [-0.2, 0) is 14.3 Å². The topological polar surface area (TPSA) is 93.5 Å². The van der Waals surface area contributed by atoms with Crippen molar-refractivity contribution in [1.29, 1.82) is 0 Å². The monoisotopic (exact) mass is 271 g/mol. The van der Waals surface area contributed by atoms with Crippen LogP contribution in [0.2, 0.25) is 0 Å². The molecule has 1 aliphatic rings. The third-order valence-corrected chi connectivity index (χ3v) is 3.53. The van der Waals surface area contributed by atoms with Gasteiger partial charge in [0.15, 0.2) is 0 Å². The second-order valence-electron chi connectivity index (χ2n) is 5.42. The summed E-state index contributed by atoms with van der Waals surface area (Å²) in [5, 5.41) is 5.45. The molecule has 0 bridgehead atoms. The van der Waals surface area contributed by atoms with Crippen molar-refractivity contribution >= 4 is 11.8 Å². The number of nitrogens with one attached hydrogen (secondary N) is 2. The molecule has 0 spiro atoms. The number of methoxy groups -OCH3 is 1. The second kappa shape index (κ2) is 7.45. The number of nitrogens with two attached hydrogens (primary N) is 1. The molecule has 2 unspecified atom stereocenters. The lowest BCUT2D eigenvalue weighted by molar-refractivity contribution is -0.127. The number of hydrogen-bond donors (Lipinski definition) is 3. The lowest BCUT2D eigenvalue weighted by Gasteiger charge is -2.16. The van der Waals surface area contributed by atoms with Crippen molar-refractivity contribution < 1.29 is 14.3 Å². The Hall–Kier alpha value is -1.14. The summed E-state index contributed by atoms with van der Waals surface area (Å²) >= 11 is 0. The van der Waals surface area contributed by atoms with E-state index in [0.29, 0.717) is 0 Å². The standard InChI is InChI=1S/C13H25N3O3/c1-8(2)12(14)13(18)15-7-11(17)16-9-4-5-10(6-9)19-3/h8-10,12H,4-7,14H2,1-3H3,(H,15,18)(H,16,17)/t9?,10?,12-/m0/s1. The maximum Gasteiger partial charge on any atom is 0.239 e. The molecule has 1 rings (SSSR count). The van der Waals surface area contributed by atoms with E-state index in [-0.39, 0.29) is 36.4 Å². The minimum Gasteiger partial charge on any atom is -0.381 e. The predicted octanol–water partition coefficient (Wildman–Crippen LogP) is -0.230. The SMILES string of the molecule is COC1CCC(NC(=O)CNC(=O)[C@@H](N)C(C)C)C1. The van der Waals surface area contributed by atoms with E-state index in [1.165, 1.54) is 0 Å². The summed E-state index contributed by atoms with van der Waals surface area (Å²) in [4.78, 5) is 23.3. The zero-order chi connectivity index (χ0) is 14.4. The molecule has 6 nitrogen and oxygen atoms in total. The third-order valence-electron chi connectivity index (χ3n) is 3.53. The van der Waals surface area contributed by atoms with Crippen LogP contribution in [0.4, 0.5) is 0 Å². The van der Waals surface area contributed by atoms with E-state index in [1.807, 2.05) is 13.8 Å². The molecule has 2 amide bonds. The average molecular weight is 271 g/mol. The van der Waals surface area contributed by atoms with Gasteiger partial charge in [-0.15, -0.1) is 0 Å². The predicted molar refractivity (Wildman–Crippen MR) is 72.4 cm³/mol. The van der Waals surface area contributed by atoms with Gasteiger partial charge in [-0.2, -0.15) is 0 Å². The summed E-state index contributed by atoms with van der Waals surface area (Å²) in [7, 11) is 1.68. The van der Waals surface area contributed by atoms with E-state index in [0.717, 1.165) is 19.3 Å². The minimum absolute atomic E-state index is 0.0204. The maximum absolute atomic E-state index is 11.7. The molecular weight excluding hydrogens is 246 g/mol. The van der Waals surface area contributed by atoms with Gasteiger partial charge in [0.25, 0.3) is 0 Å². The normalized spacial score (nSPS) is 24.3. The van der Waals surface area contributed by atoms with E-state index in [1.54, 1.807) is 7.11 Å². The Kier molecular flexibility index (Phi) is 6.24. The molecule has 0 radical (unpaired) electrons. The summed E-state index contributed by atoms with van der Waals surface area (Å²) in [6.07, 6.45) is 2.95. The highest BCUT2D eigenvalue weighted by atomic mass is 16.5. The largest absolute Gasteiger partial charge is 0.381 e. The molecule has 0 heterocycles. The number of rotatable bonds is 6. The van der Waals surface area contributed by atoms with Gasteiger partial charge in [-0.25, -0.2) is 0 Å². The fraction of sp³-hybridized carbons (Fsp3) is 0.846. The molecule has 0 saturated heterocycles. The Morgan fingerprint density at radius 2 is 2.05 bits per heavy atom. The Morgan fingerprint density at radius 3 is 2.58 bits per heavy atom. The van der Waals surface area contributed by atoms with Gasteiger partial charge in [0.05, 0.1) is 18.7 Å². The molecule has 1 saturated carbocycles. The fourth-order valence-corrected chi connectivity index (χ4v) is 2.15. The summed E-state index contributed by atoms with van der Waals surface area (Å²) in [6.45, 7) is 3.72. The smallest absolute Gasteiger partial charge is 0.239 e. The molecule has 0 aromatic carbocycles. The van der Waals surface area contributed by atoms with Crippen molar-refractivity contribution in [3.05, 3.63) is 0 Å². The highest BCUT2D eigenvalue weighted by Gasteiger charge is 2.25. The molecule has 19 heavy (non-hydrogen) atoms. The molecule has 3 atom stereocenters. The van der Waals surface area contributed by atoms with Crippen LogP contribution in [0, 0.1) is 5.92 Å². The van der Waals surface area contributed by atoms with Crippen LogP contribution in [0.25, 0.3) is 0 Å². The Morgan fingerprint density at radius 1 is 1.37 bits per heavy atom. The summed E-state index contributed by atoms with van der Waals surface area (Å²) in [5.74, 6) is -0.405. The number of hydrogen-bond acceptors (Lipinski definition) is 4. The molecule has 0 aliphatic heterocycles. The molecule has 0 aromatic rings. The first-order valence-corrected chi connectivity index (χ1v) is 6.79. The van der Waals surface area contributed by atoms with Crippen LogP contribution < -0.4 is 16.4 Å². The van der Waals surface area contributed by atoms with Gasteiger partial charge in [-0.1, -0.05) is 13.8 Å². The fourth-order valence-electron chi connectivity index (χ4n) is 2.15. The van der Waals surface area contributed by atoms with Crippen molar-refractivity contribution in [2.45, 2.75) is 51.3 Å². The van der Waals surface area contributed by atoms with Gasteiger partial charge >= 0.3 is 0 Å². The van der Waals surface area contributed by atoms with Crippen molar-refractivity contribution in [2.24, 2.45) is 11.7 Å². The molecule has 4 N–H and O–H groups in total. The van der Waals surface area contributed by atoms with E-state index >= 15 is 0 Å². The maximum atomic E-state index is 11.7. The first-order valence-electron chi connectivity index (χ1n) is 6.79. The van der Waals surface area contributed by atoms with Crippen molar-refractivity contribution in [1.82, 2.24) is 10.6 Å². The number of amides is 2. The van der Waals surface area contributed by atoms with Gasteiger partial charge in [0.2, 0.25) is 11.8 Å². The lowest BCUT2D eigenvalue weighted by Crippen LogP contribution is -2.48.